The topological polar surface area (TPSA) is 59.8 Å². The Labute approximate surface area is 110 Å². The van der Waals surface area contributed by atoms with E-state index in [-0.39, 0.29) is 12.1 Å². The van der Waals surface area contributed by atoms with Crippen molar-refractivity contribution in [3.8, 4) is 0 Å². The number of nitrogens with two attached hydrogens (primary N) is 1. The molecule has 18 heavy (non-hydrogen) atoms. The molecule has 0 spiro atoms. The van der Waals surface area contributed by atoms with E-state index in [0.717, 1.165) is 26.2 Å². The molecule has 0 saturated carbocycles. The third-order valence-corrected chi connectivity index (χ3v) is 4.40. The highest BCUT2D eigenvalue weighted by Crippen LogP contribution is 2.25. The van der Waals surface area contributed by atoms with Crippen molar-refractivity contribution in [1.29, 1.82) is 0 Å². The Hall–Kier alpha value is -0.200. The first-order valence-electron chi connectivity index (χ1n) is 7.07. The van der Waals surface area contributed by atoms with Crippen LogP contribution < -0.4 is 11.3 Å². The highest BCUT2D eigenvalue weighted by Gasteiger charge is 2.37. The van der Waals surface area contributed by atoms with Gasteiger partial charge < -0.3 is 9.47 Å². The molecule has 0 radical (unpaired) electrons. The predicted molar refractivity (Wildman–Crippen MR) is 71.1 cm³/mol. The van der Waals surface area contributed by atoms with E-state index in [1.165, 1.54) is 19.4 Å². The number of morpholine rings is 1. The molecule has 0 amide bonds. The van der Waals surface area contributed by atoms with Crippen LogP contribution in [0.25, 0.3) is 0 Å². The zero-order valence-corrected chi connectivity index (χ0v) is 11.6. The largest absolute Gasteiger partial charge is 0.385 e. The lowest BCUT2D eigenvalue weighted by Gasteiger charge is -2.40. The zero-order valence-electron chi connectivity index (χ0n) is 11.6. The summed E-state index contributed by atoms with van der Waals surface area (Å²) in [5.41, 5.74) is 2.95. The second-order valence-corrected chi connectivity index (χ2v) is 5.61. The molecule has 0 aromatic carbocycles. The fourth-order valence-electron chi connectivity index (χ4n) is 3.18. The second-order valence-electron chi connectivity index (χ2n) is 5.61. The number of hydrogen-bond donors (Lipinski definition) is 2. The Morgan fingerprint density at radius 3 is 3.11 bits per heavy atom. The van der Waals surface area contributed by atoms with E-state index in [1.807, 2.05) is 0 Å². The summed E-state index contributed by atoms with van der Waals surface area (Å²) in [5.74, 6) is 6.18. The fraction of sp³-hybridized carbons (Fsp3) is 1.00. The van der Waals surface area contributed by atoms with Crippen LogP contribution in [0.15, 0.2) is 0 Å². The monoisotopic (exact) mass is 257 g/mol. The summed E-state index contributed by atoms with van der Waals surface area (Å²) < 4.78 is 11.2. The lowest BCUT2D eigenvalue weighted by atomic mass is 9.93. The highest BCUT2D eigenvalue weighted by molar-refractivity contribution is 4.91. The molecule has 5 heteroatoms. The molecule has 3 N–H and O–H groups in total. The average molecular weight is 257 g/mol. The summed E-state index contributed by atoms with van der Waals surface area (Å²) in [5, 5.41) is 0. The Balaban J connectivity index is 1.87. The number of hydrazine groups is 1. The number of rotatable bonds is 6. The maximum Gasteiger partial charge on any atom is 0.0871 e. The van der Waals surface area contributed by atoms with E-state index in [4.69, 9.17) is 15.3 Å². The van der Waals surface area contributed by atoms with Gasteiger partial charge >= 0.3 is 0 Å². The van der Waals surface area contributed by atoms with Crippen LogP contribution in [0.4, 0.5) is 0 Å². The first-order chi connectivity index (χ1) is 8.76. The quantitative estimate of drug-likeness (QED) is 0.531. The molecule has 4 atom stereocenters. The zero-order chi connectivity index (χ0) is 13.0. The number of nitrogens with one attached hydrogen (secondary N) is 1. The standard InChI is InChI=1S/C13H27N3O2/c1-10(5-7-17-2)13(15-14)12-8-16-6-3-4-11(16)9-18-12/h10-13,15H,3-9,14H2,1-2H3. The molecular formula is C13H27N3O2. The van der Waals surface area contributed by atoms with Gasteiger partial charge in [0.2, 0.25) is 0 Å². The Morgan fingerprint density at radius 2 is 2.39 bits per heavy atom. The van der Waals surface area contributed by atoms with Gasteiger partial charge in [-0.3, -0.25) is 16.2 Å². The summed E-state index contributed by atoms with van der Waals surface area (Å²) in [6, 6.07) is 0.857. The van der Waals surface area contributed by atoms with Crippen LogP contribution in [0.2, 0.25) is 0 Å². The minimum absolute atomic E-state index is 0.205. The highest BCUT2D eigenvalue weighted by atomic mass is 16.5. The van der Waals surface area contributed by atoms with E-state index in [2.05, 4.69) is 17.2 Å². The maximum atomic E-state index is 6.02. The van der Waals surface area contributed by atoms with Gasteiger partial charge in [0.1, 0.15) is 0 Å². The third kappa shape index (κ3) is 3.22. The van der Waals surface area contributed by atoms with Crippen LogP contribution in [0.1, 0.15) is 26.2 Å². The number of fused-ring (bicyclic) bond motifs is 1. The van der Waals surface area contributed by atoms with Crippen LogP contribution in [0, 0.1) is 5.92 Å². The van der Waals surface area contributed by atoms with Crippen molar-refractivity contribution in [3.63, 3.8) is 0 Å². The van der Waals surface area contributed by atoms with Crippen molar-refractivity contribution in [2.75, 3.05) is 33.4 Å². The van der Waals surface area contributed by atoms with E-state index in [1.54, 1.807) is 7.11 Å². The van der Waals surface area contributed by atoms with Crippen molar-refractivity contribution in [1.82, 2.24) is 10.3 Å². The SMILES string of the molecule is COCCC(C)C(NN)C1CN2CCCC2CO1. The van der Waals surface area contributed by atoms with Crippen LogP contribution >= 0.6 is 0 Å². The number of methoxy groups -OCH3 is 1. The molecular weight excluding hydrogens is 230 g/mol. The summed E-state index contributed by atoms with van der Waals surface area (Å²) >= 11 is 0. The van der Waals surface area contributed by atoms with E-state index < -0.39 is 0 Å². The van der Waals surface area contributed by atoms with Gasteiger partial charge in [0.15, 0.2) is 0 Å². The van der Waals surface area contributed by atoms with Gasteiger partial charge in [-0.05, 0) is 31.7 Å². The van der Waals surface area contributed by atoms with Gasteiger partial charge in [-0.2, -0.15) is 0 Å². The fourth-order valence-corrected chi connectivity index (χ4v) is 3.18. The Kier molecular flexibility index (Phi) is 5.38. The van der Waals surface area contributed by atoms with Crippen molar-refractivity contribution in [2.24, 2.45) is 11.8 Å². The first-order valence-corrected chi connectivity index (χ1v) is 7.07. The summed E-state index contributed by atoms with van der Waals surface area (Å²) in [6.07, 6.45) is 3.80. The molecule has 106 valence electrons. The van der Waals surface area contributed by atoms with Gasteiger partial charge in [0, 0.05) is 26.3 Å². The van der Waals surface area contributed by atoms with E-state index in [0.29, 0.717) is 12.0 Å². The minimum atomic E-state index is 0.205. The summed E-state index contributed by atoms with van der Waals surface area (Å²) in [4.78, 5) is 2.56. The molecule has 4 unspecified atom stereocenters. The van der Waals surface area contributed by atoms with Crippen LogP contribution in [-0.4, -0.2) is 56.5 Å². The van der Waals surface area contributed by atoms with Crippen molar-refractivity contribution >= 4 is 0 Å². The molecule has 5 nitrogen and oxygen atoms in total. The summed E-state index contributed by atoms with van der Waals surface area (Å²) in [7, 11) is 1.74. The number of ether oxygens (including phenoxy) is 2. The molecule has 2 aliphatic heterocycles. The summed E-state index contributed by atoms with van der Waals surface area (Å²) in [6.45, 7) is 6.08. The van der Waals surface area contributed by atoms with Gasteiger partial charge in [0.05, 0.1) is 18.8 Å². The Bertz CT molecular complexity index is 252. The number of nitrogens with zero attached hydrogens (tertiary/aromatic N) is 1. The molecule has 2 rings (SSSR count). The minimum Gasteiger partial charge on any atom is -0.385 e. The van der Waals surface area contributed by atoms with Crippen LogP contribution in [-0.2, 0) is 9.47 Å². The molecule has 0 aromatic heterocycles. The molecule has 0 bridgehead atoms. The smallest absolute Gasteiger partial charge is 0.0871 e. The molecule has 0 aromatic rings. The average Bonchev–Trinajstić information content (AvgIpc) is 2.84. The second kappa shape index (κ2) is 6.82. The third-order valence-electron chi connectivity index (χ3n) is 4.40. The molecule has 2 heterocycles. The maximum absolute atomic E-state index is 6.02. The normalized spacial score (nSPS) is 32.2. The van der Waals surface area contributed by atoms with Gasteiger partial charge in [-0.1, -0.05) is 6.92 Å². The molecule has 2 aliphatic rings. The Morgan fingerprint density at radius 1 is 1.56 bits per heavy atom. The lowest BCUT2D eigenvalue weighted by molar-refractivity contribution is -0.0737. The number of hydrogen-bond acceptors (Lipinski definition) is 5. The van der Waals surface area contributed by atoms with Gasteiger partial charge in [0.25, 0.3) is 0 Å². The first kappa shape index (κ1) is 14.2. The molecule has 2 fully saturated rings. The van der Waals surface area contributed by atoms with E-state index >= 15 is 0 Å². The van der Waals surface area contributed by atoms with E-state index in [9.17, 15) is 0 Å². The van der Waals surface area contributed by atoms with Crippen molar-refractivity contribution in [2.45, 2.75) is 44.4 Å². The van der Waals surface area contributed by atoms with Crippen molar-refractivity contribution in [3.05, 3.63) is 0 Å². The molecule has 2 saturated heterocycles. The lowest BCUT2D eigenvalue weighted by Crippen LogP contribution is -2.57. The predicted octanol–water partition coefficient (Wildman–Crippen LogP) is 0.354. The van der Waals surface area contributed by atoms with Crippen LogP contribution in [0.5, 0.6) is 0 Å². The van der Waals surface area contributed by atoms with Gasteiger partial charge in [-0.15, -0.1) is 0 Å². The van der Waals surface area contributed by atoms with Gasteiger partial charge in [-0.25, -0.2) is 0 Å². The molecule has 0 aliphatic carbocycles. The van der Waals surface area contributed by atoms with Crippen LogP contribution in [0.3, 0.4) is 0 Å². The van der Waals surface area contributed by atoms with Crippen molar-refractivity contribution < 1.29 is 9.47 Å².